The number of anilines is 3. The summed E-state index contributed by atoms with van der Waals surface area (Å²) >= 11 is 0. The lowest BCUT2D eigenvalue weighted by Crippen LogP contribution is -2.18. The number of hydrogen-bond acceptors (Lipinski definition) is 6. The van der Waals surface area contributed by atoms with Crippen LogP contribution in [-0.2, 0) is 13.6 Å². The van der Waals surface area contributed by atoms with E-state index in [1.54, 1.807) is 10.9 Å². The van der Waals surface area contributed by atoms with Gasteiger partial charge < -0.3 is 11.1 Å². The molecule has 5 rings (SSSR count). The van der Waals surface area contributed by atoms with Crippen LogP contribution in [0.3, 0.4) is 0 Å². The van der Waals surface area contributed by atoms with Crippen LogP contribution < -0.4 is 11.1 Å². The topological polar surface area (TPSA) is 84.9 Å². The summed E-state index contributed by atoms with van der Waals surface area (Å²) in [7, 11) is 1.91. The molecule has 7 nitrogen and oxygen atoms in total. The first kappa shape index (κ1) is 20.2. The van der Waals surface area contributed by atoms with Gasteiger partial charge >= 0.3 is 0 Å². The number of hydrogen-bond donors (Lipinski definition) is 2. The third kappa shape index (κ3) is 4.48. The highest BCUT2D eigenvalue weighted by atomic mass is 15.3. The Bertz CT molecular complexity index is 1210. The molecule has 4 aromatic rings. The Balaban J connectivity index is 1.40. The summed E-state index contributed by atoms with van der Waals surface area (Å²) in [5.41, 5.74) is 12.5. The molecule has 2 aromatic carbocycles. The van der Waals surface area contributed by atoms with E-state index in [0.29, 0.717) is 5.95 Å². The zero-order valence-corrected chi connectivity index (χ0v) is 18.2. The SMILES string of the molecule is Cn1cc(-c2ccnc(Nc3cccc(CN4CCCC4)c3)n2)c(-c2ccc(N)cc2)n1. The van der Waals surface area contributed by atoms with Crippen LogP contribution in [0.15, 0.2) is 67.0 Å². The van der Waals surface area contributed by atoms with Gasteiger partial charge in [0.2, 0.25) is 5.95 Å². The Hall–Kier alpha value is -3.71. The van der Waals surface area contributed by atoms with Gasteiger partial charge in [0, 0.05) is 48.5 Å². The summed E-state index contributed by atoms with van der Waals surface area (Å²) in [6, 6.07) is 18.1. The zero-order chi connectivity index (χ0) is 21.9. The summed E-state index contributed by atoms with van der Waals surface area (Å²) in [6.45, 7) is 3.35. The molecule has 2 aromatic heterocycles. The highest BCUT2D eigenvalue weighted by Crippen LogP contribution is 2.30. The summed E-state index contributed by atoms with van der Waals surface area (Å²) in [5, 5.41) is 8.02. The highest BCUT2D eigenvalue weighted by Gasteiger charge is 2.15. The van der Waals surface area contributed by atoms with E-state index in [0.717, 1.165) is 40.4 Å². The molecule has 3 N–H and O–H groups in total. The minimum absolute atomic E-state index is 0.563. The standard InChI is InChI=1S/C25H27N7/c1-31-17-22(24(30-31)19-7-9-20(26)10-8-19)23-11-12-27-25(29-23)28-21-6-4-5-18(15-21)16-32-13-2-3-14-32/h4-12,15,17H,2-3,13-14,16,26H2,1H3,(H,27,28,29). The summed E-state index contributed by atoms with van der Waals surface area (Å²) in [5.74, 6) is 0.563. The maximum Gasteiger partial charge on any atom is 0.227 e. The van der Waals surface area contributed by atoms with Crippen molar-refractivity contribution >= 4 is 17.3 Å². The van der Waals surface area contributed by atoms with Crippen LogP contribution in [0, 0.1) is 0 Å². The van der Waals surface area contributed by atoms with Crippen LogP contribution in [0.25, 0.3) is 22.5 Å². The van der Waals surface area contributed by atoms with E-state index in [1.807, 2.05) is 49.6 Å². The van der Waals surface area contributed by atoms with Crippen LogP contribution in [0.2, 0.25) is 0 Å². The van der Waals surface area contributed by atoms with Crippen molar-refractivity contribution in [1.29, 1.82) is 0 Å². The lowest BCUT2D eigenvalue weighted by Gasteiger charge is -2.15. The van der Waals surface area contributed by atoms with E-state index in [9.17, 15) is 0 Å². The number of rotatable bonds is 6. The smallest absolute Gasteiger partial charge is 0.227 e. The number of aryl methyl sites for hydroxylation is 1. The van der Waals surface area contributed by atoms with Gasteiger partial charge in [-0.3, -0.25) is 9.58 Å². The first-order chi connectivity index (χ1) is 15.6. The monoisotopic (exact) mass is 425 g/mol. The predicted octanol–water partition coefficient (Wildman–Crippen LogP) is 4.47. The van der Waals surface area contributed by atoms with Crippen LogP contribution >= 0.6 is 0 Å². The van der Waals surface area contributed by atoms with Crippen molar-refractivity contribution in [3.05, 3.63) is 72.6 Å². The summed E-state index contributed by atoms with van der Waals surface area (Å²) in [4.78, 5) is 11.7. The first-order valence-corrected chi connectivity index (χ1v) is 11.0. The molecule has 0 unspecified atom stereocenters. The maximum atomic E-state index is 5.85. The average Bonchev–Trinajstić information content (AvgIpc) is 3.44. The molecule has 0 radical (unpaired) electrons. The lowest BCUT2D eigenvalue weighted by atomic mass is 10.1. The van der Waals surface area contributed by atoms with Gasteiger partial charge in [-0.15, -0.1) is 0 Å². The first-order valence-electron chi connectivity index (χ1n) is 11.0. The quantitative estimate of drug-likeness (QED) is 0.444. The summed E-state index contributed by atoms with van der Waals surface area (Å²) < 4.78 is 1.80. The van der Waals surface area contributed by atoms with E-state index in [2.05, 4.69) is 38.5 Å². The van der Waals surface area contributed by atoms with Crippen molar-refractivity contribution in [3.63, 3.8) is 0 Å². The van der Waals surface area contributed by atoms with Gasteiger partial charge in [0.25, 0.3) is 0 Å². The Morgan fingerprint density at radius 3 is 2.66 bits per heavy atom. The van der Waals surface area contributed by atoms with Crippen LogP contribution in [0.4, 0.5) is 17.3 Å². The van der Waals surface area contributed by atoms with E-state index >= 15 is 0 Å². The predicted molar refractivity (Wildman–Crippen MR) is 128 cm³/mol. The molecular weight excluding hydrogens is 398 g/mol. The highest BCUT2D eigenvalue weighted by molar-refractivity contribution is 5.79. The minimum atomic E-state index is 0.563. The van der Waals surface area contributed by atoms with Gasteiger partial charge in [0.15, 0.2) is 0 Å². The Morgan fingerprint density at radius 2 is 1.84 bits per heavy atom. The lowest BCUT2D eigenvalue weighted by molar-refractivity contribution is 0.331. The van der Waals surface area contributed by atoms with E-state index in [1.165, 1.54) is 31.5 Å². The fraction of sp³-hybridized carbons (Fsp3) is 0.240. The second kappa shape index (κ2) is 8.80. The number of nitrogens with one attached hydrogen (secondary N) is 1. The number of nitrogens with two attached hydrogens (primary N) is 1. The van der Waals surface area contributed by atoms with Crippen molar-refractivity contribution in [1.82, 2.24) is 24.6 Å². The molecule has 1 aliphatic rings. The molecule has 1 aliphatic heterocycles. The van der Waals surface area contributed by atoms with E-state index in [-0.39, 0.29) is 0 Å². The Kier molecular flexibility index (Phi) is 5.56. The third-order valence-corrected chi connectivity index (χ3v) is 5.73. The molecule has 7 heteroatoms. The Morgan fingerprint density at radius 1 is 1.03 bits per heavy atom. The van der Waals surface area contributed by atoms with Gasteiger partial charge in [-0.2, -0.15) is 5.10 Å². The number of aromatic nitrogens is 4. The van der Waals surface area contributed by atoms with E-state index in [4.69, 9.17) is 10.7 Å². The fourth-order valence-corrected chi connectivity index (χ4v) is 4.17. The second-order valence-corrected chi connectivity index (χ2v) is 8.26. The zero-order valence-electron chi connectivity index (χ0n) is 18.2. The molecule has 0 aliphatic carbocycles. The van der Waals surface area contributed by atoms with Crippen LogP contribution in [0.1, 0.15) is 18.4 Å². The molecule has 162 valence electrons. The van der Waals surface area contributed by atoms with Crippen LogP contribution in [0.5, 0.6) is 0 Å². The molecule has 0 amide bonds. The molecule has 32 heavy (non-hydrogen) atoms. The largest absolute Gasteiger partial charge is 0.399 e. The molecule has 1 fully saturated rings. The normalized spacial score (nSPS) is 14.0. The van der Waals surface area contributed by atoms with Gasteiger partial charge in [-0.1, -0.05) is 24.3 Å². The molecule has 0 saturated carbocycles. The Labute approximate surface area is 187 Å². The second-order valence-electron chi connectivity index (χ2n) is 8.26. The van der Waals surface area contributed by atoms with Gasteiger partial charge in [-0.25, -0.2) is 9.97 Å². The van der Waals surface area contributed by atoms with Gasteiger partial charge in [-0.05, 0) is 61.8 Å². The molecule has 0 bridgehead atoms. The molecule has 1 saturated heterocycles. The van der Waals surface area contributed by atoms with Crippen molar-refractivity contribution in [3.8, 4) is 22.5 Å². The number of nitrogen functional groups attached to an aromatic ring is 1. The van der Waals surface area contributed by atoms with Crippen molar-refractivity contribution in [2.24, 2.45) is 7.05 Å². The fourth-order valence-electron chi connectivity index (χ4n) is 4.17. The number of likely N-dealkylation sites (tertiary alicyclic amines) is 1. The van der Waals surface area contributed by atoms with Crippen molar-refractivity contribution in [2.45, 2.75) is 19.4 Å². The number of nitrogens with zero attached hydrogens (tertiary/aromatic N) is 5. The molecule has 0 atom stereocenters. The number of benzene rings is 2. The third-order valence-electron chi connectivity index (χ3n) is 5.73. The maximum absolute atomic E-state index is 5.85. The molecule has 3 heterocycles. The van der Waals surface area contributed by atoms with Crippen molar-refractivity contribution < 1.29 is 0 Å². The van der Waals surface area contributed by atoms with Gasteiger partial charge in [0.05, 0.1) is 5.69 Å². The average molecular weight is 426 g/mol. The molecule has 0 spiro atoms. The van der Waals surface area contributed by atoms with Gasteiger partial charge in [0.1, 0.15) is 5.69 Å². The molecular formula is C25H27N7. The minimum Gasteiger partial charge on any atom is -0.399 e. The van der Waals surface area contributed by atoms with Crippen LogP contribution in [-0.4, -0.2) is 37.7 Å². The summed E-state index contributed by atoms with van der Waals surface area (Å²) in [6.07, 6.45) is 6.35. The van der Waals surface area contributed by atoms with Crippen molar-refractivity contribution in [2.75, 3.05) is 24.1 Å². The van der Waals surface area contributed by atoms with E-state index < -0.39 is 0 Å².